The van der Waals surface area contributed by atoms with Gasteiger partial charge >= 0.3 is 0 Å². The minimum absolute atomic E-state index is 0.0105. The molecular formula is C44H69N11O12S. The lowest BCUT2D eigenvalue weighted by Gasteiger charge is -2.30. The van der Waals surface area contributed by atoms with Crippen LogP contribution in [0.25, 0.3) is 0 Å². The van der Waals surface area contributed by atoms with E-state index in [4.69, 9.17) is 17.2 Å². The average molecular weight is 976 g/mol. The smallest absolute Gasteiger partial charge is 0.245 e. The van der Waals surface area contributed by atoms with Gasteiger partial charge in [0.1, 0.15) is 24.2 Å². The topological polar surface area (TPSA) is 374 Å². The summed E-state index contributed by atoms with van der Waals surface area (Å²) >= 11 is 1.20. The van der Waals surface area contributed by atoms with Gasteiger partial charge in [-0.2, -0.15) is 11.8 Å². The predicted molar refractivity (Wildman–Crippen MR) is 250 cm³/mol. The normalized spacial score (nSPS) is 21.3. The Hall–Kier alpha value is -5.98. The number of ketones is 2. The lowest BCUT2D eigenvalue weighted by molar-refractivity contribution is -0.141. The molecule has 378 valence electrons. The fraction of sp³-hybridized carbons (Fsp3) is 0.614. The van der Waals surface area contributed by atoms with E-state index in [-0.39, 0.29) is 68.9 Å². The second-order valence-corrected chi connectivity index (χ2v) is 18.2. The number of benzene rings is 1. The van der Waals surface area contributed by atoms with Gasteiger partial charge in [0.05, 0.1) is 31.6 Å². The standard InChI is InChI=1S/C44H69N11O12S/c1-5-26(4)38-40(63)39(62)30(21-27-10-7-6-8-11-27)49-36(60)15-19-68-18-14-29(51-43(66)32(22-34(46)58)52-42(65)28(53-54-38)12-13-33(45)57)44(67)55(16-9-17-56)24-37(61)50-31(20-25(2)3)41(64)48-23-35(47)59/h6-8,10-11,25-26,28-32,38,53-54,56H,5,9,12-24H2,1-4H3,(H2,45,57)(H2,46,58)(H2,47,59)(H,48,64)(H,49,60)(H,50,61)(H,51,66)(H,52,65)/t26-,28-,29-,30-,31-,32-,38?/m0/s1. The van der Waals surface area contributed by atoms with Crippen LogP contribution in [0.3, 0.4) is 0 Å². The summed E-state index contributed by atoms with van der Waals surface area (Å²) in [5.74, 6) is -9.71. The number of nitrogens with one attached hydrogen (secondary N) is 7. The minimum atomic E-state index is -1.72. The molecular weight excluding hydrogens is 907 g/mol. The van der Waals surface area contributed by atoms with Crippen molar-refractivity contribution in [2.75, 3.05) is 37.7 Å². The molecule has 0 spiro atoms. The van der Waals surface area contributed by atoms with E-state index in [2.05, 4.69) is 37.4 Å². The van der Waals surface area contributed by atoms with Gasteiger partial charge in [0.2, 0.25) is 64.7 Å². The van der Waals surface area contributed by atoms with Crippen LogP contribution in [-0.4, -0.2) is 149 Å². The van der Waals surface area contributed by atoms with Gasteiger partial charge in [-0.3, -0.25) is 52.7 Å². The van der Waals surface area contributed by atoms with Crippen LogP contribution in [0.4, 0.5) is 0 Å². The van der Waals surface area contributed by atoms with Gasteiger partial charge in [0.15, 0.2) is 0 Å². The summed E-state index contributed by atoms with van der Waals surface area (Å²) in [5.41, 5.74) is 22.2. The number of hydrogen-bond acceptors (Lipinski definition) is 15. The van der Waals surface area contributed by atoms with Crippen molar-refractivity contribution in [2.24, 2.45) is 29.0 Å². The summed E-state index contributed by atoms with van der Waals surface area (Å²) in [6.07, 6.45) is -1.20. The molecule has 68 heavy (non-hydrogen) atoms. The Bertz CT molecular complexity index is 1920. The molecule has 0 radical (unpaired) electrons. The Labute approximate surface area is 400 Å². The second-order valence-electron chi connectivity index (χ2n) is 17.0. The number of carbonyl (C=O) groups excluding carboxylic acids is 11. The number of rotatable bonds is 21. The highest BCUT2D eigenvalue weighted by molar-refractivity contribution is 7.99. The third-order valence-corrected chi connectivity index (χ3v) is 11.8. The third kappa shape index (κ3) is 21.3. The van der Waals surface area contributed by atoms with Crippen molar-refractivity contribution in [1.82, 2.24) is 42.3 Å². The zero-order chi connectivity index (χ0) is 50.9. The molecule has 0 bridgehead atoms. The highest BCUT2D eigenvalue weighted by Gasteiger charge is 2.37. The molecule has 0 aliphatic carbocycles. The molecule has 9 amide bonds. The molecule has 1 fully saturated rings. The number of nitrogens with zero attached hydrogens (tertiary/aromatic N) is 1. The van der Waals surface area contributed by atoms with Gasteiger partial charge in [-0.1, -0.05) is 64.4 Å². The number of aliphatic hydroxyl groups is 1. The van der Waals surface area contributed by atoms with Gasteiger partial charge in [-0.05, 0) is 48.8 Å². The van der Waals surface area contributed by atoms with Gasteiger partial charge in [-0.15, -0.1) is 0 Å². The van der Waals surface area contributed by atoms with Crippen LogP contribution in [-0.2, 0) is 59.2 Å². The van der Waals surface area contributed by atoms with Crippen molar-refractivity contribution in [3.63, 3.8) is 0 Å². The third-order valence-electron chi connectivity index (χ3n) is 10.8. The van der Waals surface area contributed by atoms with Crippen molar-refractivity contribution in [2.45, 2.75) is 122 Å². The second kappa shape index (κ2) is 30.4. The Morgan fingerprint density at radius 3 is 2.12 bits per heavy atom. The molecule has 1 aliphatic heterocycles. The zero-order valence-corrected chi connectivity index (χ0v) is 40.0. The molecule has 23 nitrogen and oxygen atoms in total. The summed E-state index contributed by atoms with van der Waals surface area (Å²) < 4.78 is 0. The lowest BCUT2D eigenvalue weighted by Crippen LogP contribution is -2.61. The highest BCUT2D eigenvalue weighted by atomic mass is 32.2. The number of aliphatic hydroxyl groups excluding tert-OH is 1. The van der Waals surface area contributed by atoms with Gasteiger partial charge < -0.3 is 53.8 Å². The number of Topliss-reactive ketones (excluding diaryl/α,β-unsaturated/α-hetero) is 2. The van der Waals surface area contributed by atoms with E-state index >= 15 is 0 Å². The average Bonchev–Trinajstić information content (AvgIpc) is 3.28. The van der Waals surface area contributed by atoms with Crippen LogP contribution >= 0.6 is 11.8 Å². The Balaban J connectivity index is 2.61. The van der Waals surface area contributed by atoms with E-state index in [0.29, 0.717) is 12.0 Å². The summed E-state index contributed by atoms with van der Waals surface area (Å²) in [6.45, 7) is 5.31. The largest absolute Gasteiger partial charge is 0.396 e. The fourth-order valence-corrected chi connectivity index (χ4v) is 7.88. The molecule has 1 saturated heterocycles. The number of amides is 9. The predicted octanol–water partition coefficient (Wildman–Crippen LogP) is -3.29. The van der Waals surface area contributed by atoms with Crippen molar-refractivity contribution in [1.29, 1.82) is 0 Å². The summed E-state index contributed by atoms with van der Waals surface area (Å²) in [7, 11) is 0. The van der Waals surface area contributed by atoms with Crippen LogP contribution in [0.2, 0.25) is 0 Å². The number of hydrazine groups is 1. The van der Waals surface area contributed by atoms with Crippen molar-refractivity contribution in [3.05, 3.63) is 35.9 Å². The van der Waals surface area contributed by atoms with Crippen LogP contribution in [0.1, 0.15) is 84.6 Å². The molecule has 24 heteroatoms. The number of primary amides is 3. The molecule has 1 unspecified atom stereocenters. The van der Waals surface area contributed by atoms with E-state index < -0.39 is 133 Å². The molecule has 1 aliphatic rings. The first-order chi connectivity index (χ1) is 32.2. The zero-order valence-electron chi connectivity index (χ0n) is 39.1. The lowest BCUT2D eigenvalue weighted by atomic mass is 9.90. The Morgan fingerprint density at radius 1 is 0.838 bits per heavy atom. The highest BCUT2D eigenvalue weighted by Crippen LogP contribution is 2.15. The fourth-order valence-electron chi connectivity index (χ4n) is 6.94. The summed E-state index contributed by atoms with van der Waals surface area (Å²) in [4.78, 5) is 147. The maximum atomic E-state index is 14.4. The summed E-state index contributed by atoms with van der Waals surface area (Å²) in [6, 6.07) is 0.466. The van der Waals surface area contributed by atoms with Crippen molar-refractivity contribution < 1.29 is 57.8 Å². The molecule has 1 aromatic carbocycles. The number of nitrogens with two attached hydrogens (primary N) is 3. The summed E-state index contributed by atoms with van der Waals surface area (Å²) in [5, 5.41) is 22.3. The molecule has 0 aromatic heterocycles. The molecule has 0 saturated carbocycles. The first kappa shape index (κ1) is 58.1. The van der Waals surface area contributed by atoms with Crippen LogP contribution in [0.5, 0.6) is 0 Å². The molecule has 14 N–H and O–H groups in total. The first-order valence-electron chi connectivity index (χ1n) is 22.6. The number of thioether (sulfide) groups is 1. The van der Waals surface area contributed by atoms with Crippen molar-refractivity contribution >= 4 is 76.5 Å². The van der Waals surface area contributed by atoms with Gasteiger partial charge in [0.25, 0.3) is 0 Å². The van der Waals surface area contributed by atoms with Gasteiger partial charge in [0, 0.05) is 38.2 Å². The quantitative estimate of drug-likeness (QED) is 0.0538. The Kier molecular flexibility index (Phi) is 26.0. The maximum Gasteiger partial charge on any atom is 0.245 e. The first-order valence-corrected chi connectivity index (χ1v) is 23.7. The van der Waals surface area contributed by atoms with Crippen molar-refractivity contribution in [3.8, 4) is 0 Å². The monoisotopic (exact) mass is 975 g/mol. The van der Waals surface area contributed by atoms with E-state index in [1.165, 1.54) is 11.8 Å². The van der Waals surface area contributed by atoms with Crippen LogP contribution < -0.4 is 54.6 Å². The van der Waals surface area contributed by atoms with E-state index in [0.717, 1.165) is 4.90 Å². The molecule has 1 aromatic rings. The van der Waals surface area contributed by atoms with Gasteiger partial charge in [-0.25, -0.2) is 10.9 Å². The minimum Gasteiger partial charge on any atom is -0.396 e. The number of carbonyl (C=O) groups is 11. The van der Waals surface area contributed by atoms with Crippen LogP contribution in [0.15, 0.2) is 30.3 Å². The maximum absolute atomic E-state index is 14.4. The Morgan fingerprint density at radius 2 is 1.51 bits per heavy atom. The molecule has 1 heterocycles. The van der Waals surface area contributed by atoms with E-state index in [9.17, 15) is 57.8 Å². The SMILES string of the molecule is CC[C@H](C)C1NN[C@@H](CCC(N)=O)C(=O)N[C@@H](CC(N)=O)C(=O)N[C@H](C(=O)N(CCCO)CC(=O)N[C@@H](CC(C)C)C(=O)NCC(N)=O)CCSCCC(=O)N[C@@H](Cc2ccccc2)C(=O)C1=O. The molecule has 2 rings (SSSR count). The van der Waals surface area contributed by atoms with E-state index in [1.807, 2.05) is 0 Å². The van der Waals surface area contributed by atoms with Crippen LogP contribution in [0, 0.1) is 11.8 Å². The number of hydrogen-bond donors (Lipinski definition) is 11. The molecule has 7 atom stereocenters. The van der Waals surface area contributed by atoms with E-state index in [1.54, 1.807) is 58.0 Å².